The van der Waals surface area contributed by atoms with Gasteiger partial charge in [0.25, 0.3) is 10.1 Å². The molecule has 1 aromatic carbocycles. The van der Waals surface area contributed by atoms with Gasteiger partial charge in [-0.05, 0) is 24.6 Å². The Labute approximate surface area is 169 Å². The molecule has 0 aliphatic rings. The third-order valence-electron chi connectivity index (χ3n) is 2.33. The molecule has 0 aromatic heterocycles. The third kappa shape index (κ3) is 12.9. The molecule has 134 valence electrons. The molecule has 8 nitrogen and oxygen atoms in total. The van der Waals surface area contributed by atoms with Crippen LogP contribution in [0.1, 0.15) is 12.5 Å². The maximum absolute atomic E-state index is 10.6. The van der Waals surface area contributed by atoms with Gasteiger partial charge in [0.05, 0.1) is 4.90 Å². The third-order valence-corrected chi connectivity index (χ3v) is 3.86. The topological polar surface area (TPSA) is 138 Å². The summed E-state index contributed by atoms with van der Waals surface area (Å²) in [6, 6.07) is 5.58. The molecule has 0 radical (unpaired) electrons. The van der Waals surface area contributed by atoms with Crippen LogP contribution in [-0.2, 0) is 29.8 Å². The minimum absolute atomic E-state index is 0. The fraction of sp³-hybridized carbons (Fsp3) is 0.214. The van der Waals surface area contributed by atoms with Crippen LogP contribution in [0.4, 0.5) is 0 Å². The molecule has 0 amide bonds. The van der Waals surface area contributed by atoms with Gasteiger partial charge < -0.3 is 9.29 Å². The summed E-state index contributed by atoms with van der Waals surface area (Å²) in [5, 5.41) is 0. The summed E-state index contributed by atoms with van der Waals surface area (Å²) in [4.78, 5) is 10.4. The first-order valence-electron chi connectivity index (χ1n) is 6.33. The van der Waals surface area contributed by atoms with Crippen LogP contribution in [0.25, 0.3) is 6.08 Å². The fourth-order valence-electron chi connectivity index (χ4n) is 1.13. The van der Waals surface area contributed by atoms with Crippen molar-refractivity contribution in [3.63, 3.8) is 0 Å². The number of rotatable bonds is 6. The van der Waals surface area contributed by atoms with E-state index in [-0.39, 0.29) is 46.6 Å². The van der Waals surface area contributed by atoms with Gasteiger partial charge in [-0.3, -0.25) is 4.55 Å². The van der Waals surface area contributed by atoms with Gasteiger partial charge in [0.2, 0.25) is 0 Å². The van der Waals surface area contributed by atoms with E-state index in [2.05, 4.69) is 17.9 Å². The van der Waals surface area contributed by atoms with Crippen LogP contribution in [0.5, 0.6) is 0 Å². The van der Waals surface area contributed by atoms with Gasteiger partial charge in [-0.15, -0.1) is 0 Å². The molecular formula is C14H17NaO8S2. The smallest absolute Gasteiger partial charge is 0.744 e. The number of hydrogen-bond acceptors (Lipinski definition) is 7. The molecule has 11 heteroatoms. The van der Waals surface area contributed by atoms with E-state index in [1.165, 1.54) is 31.2 Å². The van der Waals surface area contributed by atoms with Crippen LogP contribution in [-0.4, -0.2) is 44.3 Å². The maximum atomic E-state index is 10.6. The number of ether oxygens (including phenoxy) is 1. The van der Waals surface area contributed by atoms with Gasteiger partial charge in [0, 0.05) is 5.57 Å². The zero-order chi connectivity index (χ0) is 19.0. The van der Waals surface area contributed by atoms with Crippen molar-refractivity contribution in [3.05, 3.63) is 48.6 Å². The van der Waals surface area contributed by atoms with Crippen LogP contribution < -0.4 is 29.6 Å². The van der Waals surface area contributed by atoms with Crippen molar-refractivity contribution in [2.24, 2.45) is 0 Å². The first-order chi connectivity index (χ1) is 10.9. The molecule has 0 fully saturated rings. The summed E-state index contributed by atoms with van der Waals surface area (Å²) in [6.45, 7) is 7.86. The van der Waals surface area contributed by atoms with Crippen molar-refractivity contribution in [2.45, 2.75) is 11.8 Å². The van der Waals surface area contributed by atoms with Crippen molar-refractivity contribution in [1.82, 2.24) is 0 Å². The van der Waals surface area contributed by atoms with Crippen molar-refractivity contribution >= 4 is 32.3 Å². The predicted molar refractivity (Wildman–Crippen MR) is 86.7 cm³/mol. The Morgan fingerprint density at radius 2 is 1.72 bits per heavy atom. The average Bonchev–Trinajstić information content (AvgIpc) is 2.45. The van der Waals surface area contributed by atoms with Crippen LogP contribution in [0.2, 0.25) is 0 Å². The summed E-state index contributed by atoms with van der Waals surface area (Å²) in [5.41, 5.74) is 0.965. The zero-order valence-electron chi connectivity index (χ0n) is 13.8. The van der Waals surface area contributed by atoms with Gasteiger partial charge in [0.1, 0.15) is 22.5 Å². The second-order valence-electron chi connectivity index (χ2n) is 4.43. The normalized spacial score (nSPS) is 10.5. The van der Waals surface area contributed by atoms with Gasteiger partial charge in [-0.1, -0.05) is 31.4 Å². The van der Waals surface area contributed by atoms with Gasteiger partial charge in [-0.25, -0.2) is 13.2 Å². The summed E-state index contributed by atoms with van der Waals surface area (Å²) in [7, 11) is -8.36. The van der Waals surface area contributed by atoms with Crippen molar-refractivity contribution in [1.29, 1.82) is 0 Å². The largest absolute Gasteiger partial charge is 1.00 e. The summed E-state index contributed by atoms with van der Waals surface area (Å²) < 4.78 is 64.2. The Morgan fingerprint density at radius 1 is 1.24 bits per heavy atom. The van der Waals surface area contributed by atoms with E-state index < -0.39 is 32.0 Å². The molecule has 0 unspecified atom stereocenters. The minimum atomic E-state index is -4.31. The number of hydrogen-bond donors (Lipinski definition) is 1. The molecule has 1 aromatic rings. The molecule has 1 rings (SSSR count). The first-order valence-corrected chi connectivity index (χ1v) is 9.34. The Morgan fingerprint density at radius 3 is 2.04 bits per heavy atom. The second-order valence-corrected chi connectivity index (χ2v) is 7.38. The number of carbonyl (C=O) groups is 1. The monoisotopic (exact) mass is 400 g/mol. The Balaban J connectivity index is 0. The zero-order valence-corrected chi connectivity index (χ0v) is 17.5. The van der Waals surface area contributed by atoms with Crippen molar-refractivity contribution < 1.29 is 65.0 Å². The Bertz CT molecular complexity index is 796. The molecular weight excluding hydrogens is 383 g/mol. The summed E-state index contributed by atoms with van der Waals surface area (Å²) in [5.74, 6) is -1.26. The first kappa shape index (κ1) is 26.2. The van der Waals surface area contributed by atoms with E-state index >= 15 is 0 Å². The Kier molecular flexibility index (Phi) is 12.1. The summed E-state index contributed by atoms with van der Waals surface area (Å²) >= 11 is 0. The van der Waals surface area contributed by atoms with E-state index in [4.69, 9.17) is 4.55 Å². The second kappa shape index (κ2) is 11.6. The SMILES string of the molecule is C=C(C)C(=O)OCCS(=O)(=O)O.C=Cc1ccc(S(=O)(=O)[O-])cc1.[Na+]. The van der Waals surface area contributed by atoms with Gasteiger partial charge in [-0.2, -0.15) is 8.42 Å². The minimum Gasteiger partial charge on any atom is -0.744 e. The molecule has 0 saturated heterocycles. The van der Waals surface area contributed by atoms with Gasteiger partial charge in [0.15, 0.2) is 0 Å². The molecule has 0 spiro atoms. The number of carbonyl (C=O) groups excluding carboxylic acids is 1. The summed E-state index contributed by atoms with van der Waals surface area (Å²) in [6.07, 6.45) is 1.57. The quantitative estimate of drug-likeness (QED) is 0.256. The fourth-order valence-corrected chi connectivity index (χ4v) is 1.90. The van der Waals surface area contributed by atoms with E-state index in [0.717, 1.165) is 5.56 Å². The van der Waals surface area contributed by atoms with E-state index in [0.29, 0.717) is 0 Å². The average molecular weight is 400 g/mol. The molecule has 0 heterocycles. The van der Waals surface area contributed by atoms with Crippen LogP contribution in [0.3, 0.4) is 0 Å². The molecule has 0 bridgehead atoms. The van der Waals surface area contributed by atoms with E-state index in [9.17, 15) is 26.2 Å². The molecule has 0 aliphatic carbocycles. The molecule has 1 N–H and O–H groups in total. The number of esters is 1. The van der Waals surface area contributed by atoms with E-state index in [1.807, 2.05) is 0 Å². The van der Waals surface area contributed by atoms with Crippen LogP contribution in [0.15, 0.2) is 47.9 Å². The van der Waals surface area contributed by atoms with Crippen LogP contribution >= 0.6 is 0 Å². The molecule has 0 saturated carbocycles. The van der Waals surface area contributed by atoms with Crippen molar-refractivity contribution in [3.8, 4) is 0 Å². The standard InChI is InChI=1S/C8H8O3S.C6H10O5S.Na/c1-2-7-3-5-8(6-4-7)12(9,10)11;1-5(2)6(7)11-3-4-12(8,9)10;/h2-6H,1H2,(H,9,10,11);1,3-4H2,2H3,(H,8,9,10);/q;;+1/p-1. The molecule has 0 atom stereocenters. The number of benzene rings is 1. The van der Waals surface area contributed by atoms with Crippen molar-refractivity contribution in [2.75, 3.05) is 12.4 Å². The molecule has 25 heavy (non-hydrogen) atoms. The van der Waals surface area contributed by atoms with Crippen LogP contribution in [0, 0.1) is 0 Å². The van der Waals surface area contributed by atoms with Gasteiger partial charge >= 0.3 is 35.5 Å². The predicted octanol–water partition coefficient (Wildman–Crippen LogP) is -1.77. The maximum Gasteiger partial charge on any atom is 1.00 e. The molecule has 0 aliphatic heterocycles. The Hall–Kier alpha value is -1.01. The van der Waals surface area contributed by atoms with E-state index in [1.54, 1.807) is 6.08 Å².